The Morgan fingerprint density at radius 2 is 1.82 bits per heavy atom. The lowest BCUT2D eigenvalue weighted by molar-refractivity contribution is 0.0162. The minimum atomic E-state index is -0.0886. The summed E-state index contributed by atoms with van der Waals surface area (Å²) >= 11 is 6.04. The molecule has 3 rings (SSSR count). The summed E-state index contributed by atoms with van der Waals surface area (Å²) in [5.74, 6) is 0.694. The molecule has 150 valence electrons. The number of morpholine rings is 1. The Hall–Kier alpha value is -2.08. The zero-order valence-corrected chi connectivity index (χ0v) is 17.0. The van der Waals surface area contributed by atoms with Crippen LogP contribution in [0.25, 0.3) is 0 Å². The van der Waals surface area contributed by atoms with E-state index in [1.165, 1.54) is 0 Å². The third-order valence-electron chi connectivity index (χ3n) is 4.79. The lowest BCUT2D eigenvalue weighted by atomic mass is 10.0. The molecule has 0 aliphatic carbocycles. The van der Waals surface area contributed by atoms with Crippen LogP contribution in [0.15, 0.2) is 48.5 Å². The molecule has 0 bridgehead atoms. The van der Waals surface area contributed by atoms with E-state index in [4.69, 9.17) is 21.1 Å². The number of carbonyl (C=O) groups is 1. The van der Waals surface area contributed by atoms with Crippen LogP contribution in [0.2, 0.25) is 5.02 Å². The normalized spacial score (nSPS) is 15.8. The van der Waals surface area contributed by atoms with Gasteiger partial charge in [-0.3, -0.25) is 9.69 Å². The third kappa shape index (κ3) is 5.71. The number of halogens is 1. The first kappa shape index (κ1) is 20.6. The van der Waals surface area contributed by atoms with Gasteiger partial charge in [0.2, 0.25) is 0 Å². The van der Waals surface area contributed by atoms with Crippen LogP contribution in [0.1, 0.15) is 35.3 Å². The highest BCUT2D eigenvalue weighted by Gasteiger charge is 2.23. The molecule has 0 aromatic heterocycles. The van der Waals surface area contributed by atoms with E-state index in [0.29, 0.717) is 37.0 Å². The first-order valence-corrected chi connectivity index (χ1v) is 10.1. The van der Waals surface area contributed by atoms with E-state index in [1.54, 1.807) is 12.1 Å². The second-order valence-corrected chi connectivity index (χ2v) is 7.23. The summed E-state index contributed by atoms with van der Waals surface area (Å²) in [6.07, 6.45) is 0.954. The molecule has 0 saturated carbocycles. The van der Waals surface area contributed by atoms with Gasteiger partial charge in [0, 0.05) is 30.2 Å². The van der Waals surface area contributed by atoms with Gasteiger partial charge in [0.15, 0.2) is 0 Å². The minimum absolute atomic E-state index is 0.0808. The molecule has 6 heteroatoms. The smallest absolute Gasteiger partial charge is 0.251 e. The van der Waals surface area contributed by atoms with Gasteiger partial charge in [-0.05, 0) is 48.4 Å². The van der Waals surface area contributed by atoms with Gasteiger partial charge < -0.3 is 14.8 Å². The maximum absolute atomic E-state index is 12.6. The number of ether oxygens (including phenoxy) is 2. The van der Waals surface area contributed by atoms with Crippen molar-refractivity contribution in [3.63, 3.8) is 0 Å². The standard InChI is InChI=1S/C22H27ClN2O3/c1-2-13-28-20-9-5-18(6-10-20)22(26)24-16-21(25-11-14-27-15-12-25)17-3-7-19(23)8-4-17/h3-10,21H,2,11-16H2,1H3,(H,24,26). The van der Waals surface area contributed by atoms with Crippen molar-refractivity contribution in [3.05, 3.63) is 64.7 Å². The van der Waals surface area contributed by atoms with Gasteiger partial charge in [0.05, 0.1) is 25.9 Å². The van der Waals surface area contributed by atoms with Gasteiger partial charge >= 0.3 is 0 Å². The van der Waals surface area contributed by atoms with Gasteiger partial charge in [0.1, 0.15) is 5.75 Å². The van der Waals surface area contributed by atoms with Crippen LogP contribution >= 0.6 is 11.6 Å². The van der Waals surface area contributed by atoms with Crippen molar-refractivity contribution in [2.24, 2.45) is 0 Å². The molecule has 5 nitrogen and oxygen atoms in total. The van der Waals surface area contributed by atoms with Gasteiger partial charge in [-0.25, -0.2) is 0 Å². The summed E-state index contributed by atoms with van der Waals surface area (Å²) in [4.78, 5) is 15.0. The SMILES string of the molecule is CCCOc1ccc(C(=O)NCC(c2ccc(Cl)cc2)N2CCOCC2)cc1. The van der Waals surface area contributed by atoms with Crippen molar-refractivity contribution in [2.75, 3.05) is 39.5 Å². The summed E-state index contributed by atoms with van der Waals surface area (Å²) in [7, 11) is 0. The highest BCUT2D eigenvalue weighted by atomic mass is 35.5. The molecule has 1 amide bonds. The van der Waals surface area contributed by atoms with E-state index in [9.17, 15) is 4.79 Å². The molecule has 2 aromatic carbocycles. The first-order chi connectivity index (χ1) is 13.7. The molecule has 1 heterocycles. The van der Waals surface area contributed by atoms with Crippen LogP contribution in [0.5, 0.6) is 5.75 Å². The predicted octanol–water partition coefficient (Wildman–Crippen LogP) is 3.93. The van der Waals surface area contributed by atoms with E-state index in [-0.39, 0.29) is 11.9 Å². The Bertz CT molecular complexity index is 743. The Morgan fingerprint density at radius 1 is 1.14 bits per heavy atom. The average Bonchev–Trinajstić information content (AvgIpc) is 2.74. The molecule has 1 aliphatic heterocycles. The summed E-state index contributed by atoms with van der Waals surface area (Å²) < 4.78 is 11.1. The van der Waals surface area contributed by atoms with Crippen molar-refractivity contribution in [1.29, 1.82) is 0 Å². The van der Waals surface area contributed by atoms with Crippen LogP contribution in [0, 0.1) is 0 Å². The summed E-state index contributed by atoms with van der Waals surface area (Å²) in [6.45, 7) is 6.35. The van der Waals surface area contributed by atoms with Crippen LogP contribution in [-0.4, -0.2) is 50.3 Å². The molecule has 1 saturated heterocycles. The van der Waals surface area contributed by atoms with E-state index >= 15 is 0 Å². The van der Waals surface area contributed by atoms with Crippen LogP contribution < -0.4 is 10.1 Å². The van der Waals surface area contributed by atoms with Crippen molar-refractivity contribution < 1.29 is 14.3 Å². The Kier molecular flexibility index (Phi) is 7.71. The van der Waals surface area contributed by atoms with Crippen LogP contribution in [0.3, 0.4) is 0 Å². The van der Waals surface area contributed by atoms with Crippen molar-refractivity contribution >= 4 is 17.5 Å². The summed E-state index contributed by atoms with van der Waals surface area (Å²) in [5.41, 5.74) is 1.76. The number of nitrogens with zero attached hydrogens (tertiary/aromatic N) is 1. The topological polar surface area (TPSA) is 50.8 Å². The van der Waals surface area contributed by atoms with Crippen LogP contribution in [0.4, 0.5) is 0 Å². The number of rotatable bonds is 8. The van der Waals surface area contributed by atoms with Gasteiger partial charge in [-0.15, -0.1) is 0 Å². The highest BCUT2D eigenvalue weighted by Crippen LogP contribution is 2.23. The third-order valence-corrected chi connectivity index (χ3v) is 5.04. The molecule has 0 radical (unpaired) electrons. The second kappa shape index (κ2) is 10.5. The summed E-state index contributed by atoms with van der Waals surface area (Å²) in [5, 5.41) is 3.78. The average molecular weight is 403 g/mol. The number of nitrogens with one attached hydrogen (secondary N) is 1. The quantitative estimate of drug-likeness (QED) is 0.726. The number of amides is 1. The molecule has 1 fully saturated rings. The maximum Gasteiger partial charge on any atom is 0.251 e. The van der Waals surface area contributed by atoms with E-state index < -0.39 is 0 Å². The fourth-order valence-corrected chi connectivity index (χ4v) is 3.37. The van der Waals surface area contributed by atoms with Gasteiger partial charge in [0.25, 0.3) is 5.91 Å². The molecule has 0 spiro atoms. The Balaban J connectivity index is 1.65. The molecule has 28 heavy (non-hydrogen) atoms. The zero-order valence-electron chi connectivity index (χ0n) is 16.2. The molecular weight excluding hydrogens is 376 g/mol. The number of hydrogen-bond donors (Lipinski definition) is 1. The van der Waals surface area contributed by atoms with Crippen molar-refractivity contribution in [2.45, 2.75) is 19.4 Å². The number of hydrogen-bond acceptors (Lipinski definition) is 4. The maximum atomic E-state index is 12.6. The second-order valence-electron chi connectivity index (χ2n) is 6.80. The molecule has 1 aliphatic rings. The minimum Gasteiger partial charge on any atom is -0.494 e. The number of benzene rings is 2. The summed E-state index contributed by atoms with van der Waals surface area (Å²) in [6, 6.07) is 15.2. The Labute approximate surface area is 171 Å². The van der Waals surface area contributed by atoms with Gasteiger partial charge in [-0.1, -0.05) is 30.7 Å². The molecule has 1 unspecified atom stereocenters. The van der Waals surface area contributed by atoms with E-state index in [0.717, 1.165) is 30.8 Å². The van der Waals surface area contributed by atoms with Crippen LogP contribution in [-0.2, 0) is 4.74 Å². The molecule has 1 N–H and O–H groups in total. The van der Waals surface area contributed by atoms with Gasteiger partial charge in [-0.2, -0.15) is 0 Å². The number of carbonyl (C=O) groups excluding carboxylic acids is 1. The Morgan fingerprint density at radius 3 is 2.46 bits per heavy atom. The van der Waals surface area contributed by atoms with Crippen molar-refractivity contribution in [3.8, 4) is 5.75 Å². The molecule has 2 aromatic rings. The largest absolute Gasteiger partial charge is 0.494 e. The van der Waals surface area contributed by atoms with E-state index in [2.05, 4.69) is 17.1 Å². The lowest BCUT2D eigenvalue weighted by Crippen LogP contribution is -2.43. The fourth-order valence-electron chi connectivity index (χ4n) is 3.25. The highest BCUT2D eigenvalue weighted by molar-refractivity contribution is 6.30. The first-order valence-electron chi connectivity index (χ1n) is 9.75. The van der Waals surface area contributed by atoms with E-state index in [1.807, 2.05) is 36.4 Å². The predicted molar refractivity (Wildman–Crippen MR) is 111 cm³/mol. The van der Waals surface area contributed by atoms with Crippen molar-refractivity contribution in [1.82, 2.24) is 10.2 Å². The molecule has 1 atom stereocenters. The lowest BCUT2D eigenvalue weighted by Gasteiger charge is -2.35. The zero-order chi connectivity index (χ0) is 19.8. The monoisotopic (exact) mass is 402 g/mol. The molecular formula is C22H27ClN2O3. The fraction of sp³-hybridized carbons (Fsp3) is 0.409.